The molecule has 15 heavy (non-hydrogen) atoms. The van der Waals surface area contributed by atoms with Gasteiger partial charge in [-0.25, -0.2) is 4.79 Å². The summed E-state index contributed by atoms with van der Waals surface area (Å²) in [4.78, 5) is 10.5. The van der Waals surface area contributed by atoms with Crippen molar-refractivity contribution >= 4 is 15.3 Å². The van der Waals surface area contributed by atoms with Crippen LogP contribution in [-0.2, 0) is 18.4 Å². The molecule has 0 fully saturated rings. The zero-order chi connectivity index (χ0) is 12.3. The van der Waals surface area contributed by atoms with Gasteiger partial charge in [0.2, 0.25) is 0 Å². The predicted molar refractivity (Wildman–Crippen MR) is 63.0 cm³/mol. The summed E-state index contributed by atoms with van der Waals surface area (Å²) in [6.45, 7) is 10.6. The van der Waals surface area contributed by atoms with Crippen LogP contribution in [0.5, 0.6) is 0 Å². The summed E-state index contributed by atoms with van der Waals surface area (Å²) in [5, 5.41) is 0. The van der Waals surface area contributed by atoms with E-state index in [4.69, 9.17) is 8.85 Å². The summed E-state index contributed by atoms with van der Waals surface area (Å²) in [6.07, 6.45) is 1.51. The maximum absolute atomic E-state index is 10.5. The Balaban J connectivity index is 0. The van der Waals surface area contributed by atoms with Crippen LogP contribution in [0, 0.1) is 0 Å². The molecule has 0 saturated carbocycles. The zero-order valence-electron chi connectivity index (χ0n) is 9.91. The summed E-state index contributed by atoms with van der Waals surface area (Å²) < 4.78 is 14.2. The van der Waals surface area contributed by atoms with Gasteiger partial charge in [0.05, 0.1) is 0 Å². The van der Waals surface area contributed by atoms with Gasteiger partial charge in [0.1, 0.15) is 6.61 Å². The van der Waals surface area contributed by atoms with Gasteiger partial charge in [0, 0.05) is 19.8 Å². The van der Waals surface area contributed by atoms with E-state index in [0.717, 1.165) is 0 Å². The van der Waals surface area contributed by atoms with Crippen molar-refractivity contribution in [2.75, 3.05) is 20.8 Å². The van der Waals surface area contributed by atoms with Crippen molar-refractivity contribution in [3.63, 3.8) is 0 Å². The average molecular weight is 232 g/mol. The van der Waals surface area contributed by atoms with Crippen molar-refractivity contribution in [1.82, 2.24) is 0 Å². The van der Waals surface area contributed by atoms with Gasteiger partial charge < -0.3 is 13.6 Å². The average Bonchev–Trinajstić information content (AvgIpc) is 2.25. The lowest BCUT2D eigenvalue weighted by molar-refractivity contribution is -0.137. The molecule has 0 radical (unpaired) electrons. The number of carbonyl (C=O) groups excluding carboxylic acids is 1. The van der Waals surface area contributed by atoms with Crippen molar-refractivity contribution < 1.29 is 18.4 Å². The highest BCUT2D eigenvalue weighted by atomic mass is 28.3. The van der Waals surface area contributed by atoms with Gasteiger partial charge >= 0.3 is 15.3 Å². The molecule has 0 aromatic heterocycles. The van der Waals surface area contributed by atoms with Crippen molar-refractivity contribution in [3.8, 4) is 0 Å². The Morgan fingerprint density at radius 1 is 1.40 bits per heavy atom. The number of hydrogen-bond donors (Lipinski definition) is 0. The molecule has 5 heteroatoms. The molecule has 0 aliphatic carbocycles. The largest absolute Gasteiger partial charge is 0.458 e. The molecule has 0 aliphatic rings. The van der Waals surface area contributed by atoms with E-state index in [-0.39, 0.29) is 12.6 Å². The lowest BCUT2D eigenvalue weighted by Crippen LogP contribution is -2.12. The fraction of sp³-hybridized carbons (Fsp3) is 0.500. The molecular weight excluding hydrogens is 212 g/mol. The number of ether oxygens (including phenoxy) is 1. The third kappa shape index (κ3) is 13.1. The van der Waals surface area contributed by atoms with Crippen molar-refractivity contribution in [2.24, 2.45) is 0 Å². The van der Waals surface area contributed by atoms with Gasteiger partial charge in [0.15, 0.2) is 0 Å². The smallest absolute Gasteiger partial charge is 0.333 e. The minimum Gasteiger partial charge on any atom is -0.458 e. The quantitative estimate of drug-likeness (QED) is 0.311. The van der Waals surface area contributed by atoms with Gasteiger partial charge in [-0.3, -0.25) is 0 Å². The van der Waals surface area contributed by atoms with E-state index >= 15 is 0 Å². The van der Waals surface area contributed by atoms with Crippen molar-refractivity contribution in [3.05, 3.63) is 24.8 Å². The van der Waals surface area contributed by atoms with E-state index < -0.39 is 9.28 Å². The highest BCUT2D eigenvalue weighted by molar-refractivity contribution is 6.42. The van der Waals surface area contributed by atoms with Crippen LogP contribution >= 0.6 is 0 Å². The lowest BCUT2D eigenvalue weighted by atomic mass is 10.4. The summed E-state index contributed by atoms with van der Waals surface area (Å²) in [7, 11) is 2.17. The second kappa shape index (κ2) is 11.2. The Bertz CT molecular complexity index is 200. The van der Waals surface area contributed by atoms with Crippen LogP contribution in [0.4, 0.5) is 0 Å². The first-order chi connectivity index (χ1) is 6.99. The van der Waals surface area contributed by atoms with E-state index in [2.05, 4.69) is 17.9 Å². The molecule has 0 N–H and O–H groups in total. The highest BCUT2D eigenvalue weighted by Gasteiger charge is 1.98. The molecule has 0 aromatic rings. The SMILES string of the molecule is C=CCOC(=O)C(=C)C.CO[SiH](C)OC. The van der Waals surface area contributed by atoms with Crippen LogP contribution in [0.3, 0.4) is 0 Å². The fourth-order valence-corrected chi connectivity index (χ4v) is 0.546. The molecule has 0 atom stereocenters. The third-order valence-corrected chi connectivity index (χ3v) is 2.67. The molecule has 0 aromatic carbocycles. The highest BCUT2D eigenvalue weighted by Crippen LogP contribution is 1.90. The number of esters is 1. The number of rotatable bonds is 5. The number of carbonyl (C=O) groups is 1. The molecule has 0 heterocycles. The van der Waals surface area contributed by atoms with Crippen LogP contribution in [-0.4, -0.2) is 36.1 Å². The van der Waals surface area contributed by atoms with Gasteiger partial charge in [-0.05, 0) is 13.5 Å². The Labute approximate surface area is 93.4 Å². The Kier molecular flexibility index (Phi) is 12.3. The Hall–Kier alpha value is -0.913. The van der Waals surface area contributed by atoms with Crippen LogP contribution in [0.25, 0.3) is 0 Å². The standard InChI is InChI=1S/C7H10O2.C3H10O2Si/c1-4-5-9-7(8)6(2)3;1-4-6(3)5-2/h4H,1-2,5H2,3H3;6H,1-3H3. The summed E-state index contributed by atoms with van der Waals surface area (Å²) in [6, 6.07) is 0. The summed E-state index contributed by atoms with van der Waals surface area (Å²) >= 11 is 0. The molecule has 0 saturated heterocycles. The predicted octanol–water partition coefficient (Wildman–Crippen LogP) is 1.42. The van der Waals surface area contributed by atoms with E-state index in [1.165, 1.54) is 6.08 Å². The summed E-state index contributed by atoms with van der Waals surface area (Å²) in [5.74, 6) is -0.366. The van der Waals surface area contributed by atoms with Gasteiger partial charge in [-0.2, -0.15) is 0 Å². The van der Waals surface area contributed by atoms with E-state index in [0.29, 0.717) is 5.57 Å². The van der Waals surface area contributed by atoms with E-state index in [1.807, 2.05) is 6.55 Å². The topological polar surface area (TPSA) is 44.8 Å². The zero-order valence-corrected chi connectivity index (χ0v) is 11.1. The number of hydrogen-bond acceptors (Lipinski definition) is 4. The molecule has 0 bridgehead atoms. The maximum Gasteiger partial charge on any atom is 0.333 e. The van der Waals surface area contributed by atoms with Crippen molar-refractivity contribution in [1.29, 1.82) is 0 Å². The molecule has 88 valence electrons. The normalized spacial score (nSPS) is 8.87. The molecule has 0 unspecified atom stereocenters. The second-order valence-electron chi connectivity index (χ2n) is 2.71. The maximum atomic E-state index is 10.5. The fourth-order valence-electron chi connectivity index (χ4n) is 0.354. The molecule has 0 rings (SSSR count). The van der Waals surface area contributed by atoms with Crippen LogP contribution in [0.2, 0.25) is 6.55 Å². The van der Waals surface area contributed by atoms with E-state index in [1.54, 1.807) is 21.1 Å². The molecular formula is C10H20O4Si. The van der Waals surface area contributed by atoms with Crippen molar-refractivity contribution in [2.45, 2.75) is 13.5 Å². The lowest BCUT2D eigenvalue weighted by Gasteiger charge is -2.00. The minimum atomic E-state index is -1.16. The molecule has 0 spiro atoms. The molecule has 0 amide bonds. The molecule has 4 nitrogen and oxygen atoms in total. The first-order valence-corrected chi connectivity index (χ1v) is 6.58. The second-order valence-corrected chi connectivity index (χ2v) is 4.78. The first kappa shape index (κ1) is 16.5. The van der Waals surface area contributed by atoms with Crippen LogP contribution < -0.4 is 0 Å². The van der Waals surface area contributed by atoms with Crippen LogP contribution in [0.1, 0.15) is 6.92 Å². The third-order valence-electron chi connectivity index (χ3n) is 1.34. The molecule has 0 aliphatic heterocycles. The first-order valence-electron chi connectivity index (χ1n) is 4.48. The van der Waals surface area contributed by atoms with Gasteiger partial charge in [-0.1, -0.05) is 19.2 Å². The Morgan fingerprint density at radius 2 is 1.87 bits per heavy atom. The van der Waals surface area contributed by atoms with Gasteiger partial charge in [0.25, 0.3) is 0 Å². The van der Waals surface area contributed by atoms with Crippen LogP contribution in [0.15, 0.2) is 24.8 Å². The monoisotopic (exact) mass is 232 g/mol. The minimum absolute atomic E-state index is 0.256. The Morgan fingerprint density at radius 3 is 2.07 bits per heavy atom. The van der Waals surface area contributed by atoms with E-state index in [9.17, 15) is 4.79 Å². The van der Waals surface area contributed by atoms with Gasteiger partial charge in [-0.15, -0.1) is 0 Å². The summed E-state index contributed by atoms with van der Waals surface area (Å²) in [5.41, 5.74) is 0.414.